The molecule has 2 aromatic rings. The van der Waals surface area contributed by atoms with Crippen LogP contribution < -0.4 is 16.6 Å². The number of benzene rings is 1. The smallest absolute Gasteiger partial charge is 0.257 e. The predicted octanol–water partition coefficient (Wildman–Crippen LogP) is 0.630. The molecule has 96 valence electrons. The van der Waals surface area contributed by atoms with Gasteiger partial charge in [0.1, 0.15) is 5.82 Å². The minimum atomic E-state index is -0.375. The zero-order chi connectivity index (χ0) is 13.4. The van der Waals surface area contributed by atoms with E-state index in [1.54, 1.807) is 0 Å². The van der Waals surface area contributed by atoms with E-state index in [1.165, 1.54) is 0 Å². The minimum absolute atomic E-state index is 0.00205. The van der Waals surface area contributed by atoms with Crippen LogP contribution in [0, 0.1) is 0 Å². The standard InChI is InChI=1S/C13H12N4O2/c14-13-16-10-9(12(19)17-13)6-8(11(18)15-10)7-4-2-1-3-5-7/h1-5,8H,6H2,(H4,14,15,16,17,18,19). The Morgan fingerprint density at radius 2 is 1.95 bits per heavy atom. The fourth-order valence-electron chi connectivity index (χ4n) is 2.26. The summed E-state index contributed by atoms with van der Waals surface area (Å²) in [6, 6.07) is 9.35. The molecule has 0 saturated carbocycles. The lowest BCUT2D eigenvalue weighted by molar-refractivity contribution is -0.117. The second kappa shape index (κ2) is 4.24. The minimum Gasteiger partial charge on any atom is -0.369 e. The van der Waals surface area contributed by atoms with Crippen molar-refractivity contribution in [3.05, 3.63) is 51.8 Å². The zero-order valence-electron chi connectivity index (χ0n) is 10.0. The van der Waals surface area contributed by atoms with E-state index in [-0.39, 0.29) is 29.2 Å². The average molecular weight is 256 g/mol. The lowest BCUT2D eigenvalue weighted by Crippen LogP contribution is -2.33. The van der Waals surface area contributed by atoms with Crippen molar-refractivity contribution in [3.63, 3.8) is 0 Å². The van der Waals surface area contributed by atoms with Crippen LogP contribution in [0.25, 0.3) is 0 Å². The normalized spacial score (nSPS) is 17.7. The van der Waals surface area contributed by atoms with Gasteiger partial charge in [0.15, 0.2) is 0 Å². The summed E-state index contributed by atoms with van der Waals surface area (Å²) in [5.41, 5.74) is 6.49. The molecular formula is C13H12N4O2. The van der Waals surface area contributed by atoms with Crippen molar-refractivity contribution < 1.29 is 4.79 Å². The molecule has 0 bridgehead atoms. The molecular weight excluding hydrogens is 244 g/mol. The van der Waals surface area contributed by atoms with Gasteiger partial charge in [-0.25, -0.2) is 0 Å². The quantitative estimate of drug-likeness (QED) is 0.696. The molecule has 1 amide bonds. The van der Waals surface area contributed by atoms with Crippen molar-refractivity contribution in [2.24, 2.45) is 0 Å². The number of rotatable bonds is 1. The third-order valence-corrected chi connectivity index (χ3v) is 3.20. The number of aromatic amines is 1. The number of nitrogens with two attached hydrogens (primary N) is 1. The molecule has 3 rings (SSSR count). The molecule has 0 fully saturated rings. The Kier molecular flexibility index (Phi) is 2.56. The number of anilines is 2. The molecule has 0 spiro atoms. The molecule has 1 aliphatic heterocycles. The first-order chi connectivity index (χ1) is 9.15. The van der Waals surface area contributed by atoms with E-state index in [2.05, 4.69) is 15.3 Å². The van der Waals surface area contributed by atoms with E-state index in [0.717, 1.165) is 5.56 Å². The fourth-order valence-corrected chi connectivity index (χ4v) is 2.26. The van der Waals surface area contributed by atoms with E-state index < -0.39 is 0 Å². The summed E-state index contributed by atoms with van der Waals surface area (Å²) in [5, 5.41) is 2.64. The number of hydrogen-bond donors (Lipinski definition) is 3. The maximum Gasteiger partial charge on any atom is 0.257 e. The van der Waals surface area contributed by atoms with Gasteiger partial charge in [-0.1, -0.05) is 30.3 Å². The van der Waals surface area contributed by atoms with Gasteiger partial charge in [0.2, 0.25) is 11.9 Å². The number of carbonyl (C=O) groups is 1. The van der Waals surface area contributed by atoms with Crippen LogP contribution in [0.5, 0.6) is 0 Å². The van der Waals surface area contributed by atoms with Crippen LogP contribution in [0.2, 0.25) is 0 Å². The predicted molar refractivity (Wildman–Crippen MR) is 70.8 cm³/mol. The molecule has 1 aromatic heterocycles. The fraction of sp³-hybridized carbons (Fsp3) is 0.154. The summed E-state index contributed by atoms with van der Waals surface area (Å²) < 4.78 is 0. The van der Waals surface area contributed by atoms with E-state index in [0.29, 0.717) is 12.0 Å². The number of H-pyrrole nitrogens is 1. The summed E-state index contributed by atoms with van der Waals surface area (Å²) >= 11 is 0. The van der Waals surface area contributed by atoms with Crippen LogP contribution in [-0.2, 0) is 11.2 Å². The Labute approximate surface area is 108 Å². The van der Waals surface area contributed by atoms with Gasteiger partial charge in [-0.2, -0.15) is 4.98 Å². The number of carbonyl (C=O) groups excluding carboxylic acids is 1. The van der Waals surface area contributed by atoms with Gasteiger partial charge in [0, 0.05) is 0 Å². The van der Waals surface area contributed by atoms with Crippen LogP contribution in [0.3, 0.4) is 0 Å². The van der Waals surface area contributed by atoms with Gasteiger partial charge in [0.05, 0.1) is 11.5 Å². The third-order valence-electron chi connectivity index (χ3n) is 3.20. The maximum absolute atomic E-state index is 12.1. The molecule has 6 heteroatoms. The first-order valence-corrected chi connectivity index (χ1v) is 5.89. The molecule has 0 radical (unpaired) electrons. The van der Waals surface area contributed by atoms with Crippen LogP contribution in [0.15, 0.2) is 35.1 Å². The Balaban J connectivity index is 2.05. The number of nitrogens with one attached hydrogen (secondary N) is 2. The van der Waals surface area contributed by atoms with Gasteiger partial charge in [0.25, 0.3) is 5.56 Å². The lowest BCUT2D eigenvalue weighted by atomic mass is 9.89. The van der Waals surface area contributed by atoms with Crippen molar-refractivity contribution in [1.82, 2.24) is 9.97 Å². The Morgan fingerprint density at radius 1 is 1.21 bits per heavy atom. The van der Waals surface area contributed by atoms with Crippen molar-refractivity contribution in [2.45, 2.75) is 12.3 Å². The third kappa shape index (κ3) is 1.97. The molecule has 1 aliphatic rings. The van der Waals surface area contributed by atoms with Crippen LogP contribution in [0.4, 0.5) is 11.8 Å². The van der Waals surface area contributed by atoms with Crippen LogP contribution in [-0.4, -0.2) is 15.9 Å². The van der Waals surface area contributed by atoms with Gasteiger partial charge in [-0.15, -0.1) is 0 Å². The number of hydrogen-bond acceptors (Lipinski definition) is 4. The van der Waals surface area contributed by atoms with Gasteiger partial charge < -0.3 is 11.1 Å². The highest BCUT2D eigenvalue weighted by molar-refractivity contribution is 5.98. The molecule has 0 aliphatic carbocycles. The highest BCUT2D eigenvalue weighted by Gasteiger charge is 2.30. The molecule has 1 atom stereocenters. The second-order valence-electron chi connectivity index (χ2n) is 4.43. The second-order valence-corrected chi connectivity index (χ2v) is 4.43. The zero-order valence-corrected chi connectivity index (χ0v) is 10.0. The number of fused-ring (bicyclic) bond motifs is 1. The van der Waals surface area contributed by atoms with E-state index in [4.69, 9.17) is 5.73 Å². The number of nitrogens with zero attached hydrogens (tertiary/aromatic N) is 1. The summed E-state index contributed by atoms with van der Waals surface area (Å²) in [4.78, 5) is 30.3. The molecule has 4 N–H and O–H groups in total. The van der Waals surface area contributed by atoms with Crippen molar-refractivity contribution in [1.29, 1.82) is 0 Å². The first-order valence-electron chi connectivity index (χ1n) is 5.89. The van der Waals surface area contributed by atoms with Gasteiger partial charge in [-0.05, 0) is 12.0 Å². The molecule has 19 heavy (non-hydrogen) atoms. The highest BCUT2D eigenvalue weighted by atomic mass is 16.2. The van der Waals surface area contributed by atoms with Crippen LogP contribution >= 0.6 is 0 Å². The van der Waals surface area contributed by atoms with E-state index in [9.17, 15) is 9.59 Å². The molecule has 6 nitrogen and oxygen atoms in total. The Morgan fingerprint density at radius 3 is 2.68 bits per heavy atom. The molecule has 2 heterocycles. The van der Waals surface area contributed by atoms with Crippen molar-refractivity contribution in [2.75, 3.05) is 11.1 Å². The monoisotopic (exact) mass is 256 g/mol. The summed E-state index contributed by atoms with van der Waals surface area (Å²) in [6.45, 7) is 0. The van der Waals surface area contributed by atoms with Crippen molar-refractivity contribution in [3.8, 4) is 0 Å². The number of nitrogen functional groups attached to an aromatic ring is 1. The number of aromatic nitrogens is 2. The van der Waals surface area contributed by atoms with Gasteiger partial charge >= 0.3 is 0 Å². The van der Waals surface area contributed by atoms with E-state index >= 15 is 0 Å². The maximum atomic E-state index is 12.1. The molecule has 1 unspecified atom stereocenters. The largest absolute Gasteiger partial charge is 0.369 e. The average Bonchev–Trinajstić information content (AvgIpc) is 2.38. The Hall–Kier alpha value is -2.63. The SMILES string of the molecule is Nc1nc2c(c(=O)[nH]1)CC(c1ccccc1)C(=O)N2. The number of amides is 1. The van der Waals surface area contributed by atoms with E-state index in [1.807, 2.05) is 30.3 Å². The van der Waals surface area contributed by atoms with Crippen molar-refractivity contribution >= 4 is 17.7 Å². The summed E-state index contributed by atoms with van der Waals surface area (Å²) in [5.74, 6) is -0.280. The topological polar surface area (TPSA) is 101 Å². The Bertz CT molecular complexity index is 694. The van der Waals surface area contributed by atoms with Crippen LogP contribution in [0.1, 0.15) is 17.0 Å². The lowest BCUT2D eigenvalue weighted by Gasteiger charge is -2.23. The van der Waals surface area contributed by atoms with Gasteiger partial charge in [-0.3, -0.25) is 14.6 Å². The summed E-state index contributed by atoms with van der Waals surface area (Å²) in [6.07, 6.45) is 0.327. The molecule has 0 saturated heterocycles. The first kappa shape index (κ1) is 11.5. The highest BCUT2D eigenvalue weighted by Crippen LogP contribution is 2.28. The molecule has 1 aromatic carbocycles. The summed E-state index contributed by atoms with van der Waals surface area (Å²) in [7, 11) is 0.